The number of allylic oxidation sites excluding steroid dienone is 1. The van der Waals surface area contributed by atoms with Gasteiger partial charge in [-0.25, -0.2) is 9.78 Å². The van der Waals surface area contributed by atoms with Gasteiger partial charge in [0.1, 0.15) is 0 Å². The normalized spacial score (nSPS) is 21.6. The molecule has 0 aliphatic carbocycles. The van der Waals surface area contributed by atoms with E-state index in [9.17, 15) is 15.0 Å². The molecule has 4 heterocycles. The Morgan fingerprint density at radius 1 is 1.38 bits per heavy atom. The lowest BCUT2D eigenvalue weighted by molar-refractivity contribution is -0.0389. The molecule has 2 aliphatic rings. The second-order valence-corrected chi connectivity index (χ2v) is 8.92. The standard InChI is InChI=1S/C23H33N5O4/c1-15(2)21-11-24-22-20(10-17(16(3)29)12-28(21)22)25-18-4-6-26(7-5-18)13-19-14-27(23(30)31)8-9-32-19/h10-12,16,18-19,25,29H,1,4-9,13-14H2,2-3H3,(H,30,31)/t16?,19-/m1/s1. The molecule has 9 heteroatoms. The molecule has 2 atom stereocenters. The van der Waals surface area contributed by atoms with Gasteiger partial charge >= 0.3 is 6.09 Å². The quantitative estimate of drug-likeness (QED) is 0.631. The second kappa shape index (κ2) is 9.48. The molecule has 0 saturated carbocycles. The number of rotatable bonds is 6. The largest absolute Gasteiger partial charge is 0.465 e. The van der Waals surface area contributed by atoms with Gasteiger partial charge in [-0.05, 0) is 43.9 Å². The Kier molecular flexibility index (Phi) is 6.68. The first-order chi connectivity index (χ1) is 15.3. The van der Waals surface area contributed by atoms with Crippen molar-refractivity contribution in [1.82, 2.24) is 19.2 Å². The van der Waals surface area contributed by atoms with Crippen LogP contribution in [-0.4, -0.2) is 87.0 Å². The molecule has 1 unspecified atom stereocenters. The van der Waals surface area contributed by atoms with Crippen molar-refractivity contribution in [3.8, 4) is 0 Å². The molecule has 1 amide bonds. The minimum atomic E-state index is -0.874. The van der Waals surface area contributed by atoms with Crippen molar-refractivity contribution < 1.29 is 19.7 Å². The maximum Gasteiger partial charge on any atom is 0.407 e. The molecular formula is C23H33N5O4. The number of imidazole rings is 1. The van der Waals surface area contributed by atoms with E-state index in [1.165, 1.54) is 4.90 Å². The lowest BCUT2D eigenvalue weighted by Crippen LogP contribution is -2.51. The Hall–Kier alpha value is -2.62. The first-order valence-electron chi connectivity index (χ1n) is 11.2. The summed E-state index contributed by atoms with van der Waals surface area (Å²) in [5.74, 6) is 0. The number of carbonyl (C=O) groups is 1. The molecule has 0 radical (unpaired) electrons. The van der Waals surface area contributed by atoms with Gasteiger partial charge in [0.25, 0.3) is 0 Å². The van der Waals surface area contributed by atoms with Crippen LogP contribution in [0.15, 0.2) is 25.0 Å². The summed E-state index contributed by atoms with van der Waals surface area (Å²) in [4.78, 5) is 19.6. The SMILES string of the molecule is C=C(C)c1cnc2c(NC3CCN(C[C@@H]4CN(C(=O)O)CCO4)CC3)cc(C(C)O)cn12. The summed E-state index contributed by atoms with van der Waals surface area (Å²) in [6, 6.07) is 2.28. The number of likely N-dealkylation sites (tertiary alicyclic amines) is 1. The van der Waals surface area contributed by atoms with E-state index in [1.807, 2.05) is 29.8 Å². The van der Waals surface area contributed by atoms with Crippen LogP contribution < -0.4 is 5.32 Å². The molecule has 2 saturated heterocycles. The van der Waals surface area contributed by atoms with E-state index in [4.69, 9.17) is 4.74 Å². The van der Waals surface area contributed by atoms with E-state index in [-0.39, 0.29) is 6.10 Å². The fraction of sp³-hybridized carbons (Fsp3) is 0.565. The molecule has 3 N–H and O–H groups in total. The molecule has 9 nitrogen and oxygen atoms in total. The summed E-state index contributed by atoms with van der Waals surface area (Å²) in [5, 5.41) is 23.0. The number of aliphatic hydroxyl groups excluding tert-OH is 1. The van der Waals surface area contributed by atoms with Crippen molar-refractivity contribution in [1.29, 1.82) is 0 Å². The minimum Gasteiger partial charge on any atom is -0.465 e. The van der Waals surface area contributed by atoms with Crippen LogP contribution in [0, 0.1) is 0 Å². The highest BCUT2D eigenvalue weighted by atomic mass is 16.5. The Morgan fingerprint density at radius 3 is 2.78 bits per heavy atom. The van der Waals surface area contributed by atoms with Crippen molar-refractivity contribution in [3.63, 3.8) is 0 Å². The van der Waals surface area contributed by atoms with Gasteiger partial charge in [0.05, 0.1) is 42.9 Å². The molecule has 0 spiro atoms. The number of ether oxygens (including phenoxy) is 1. The number of pyridine rings is 1. The number of hydrogen-bond donors (Lipinski definition) is 3. The van der Waals surface area contributed by atoms with Crippen LogP contribution in [0.25, 0.3) is 11.2 Å². The number of carboxylic acid groups (broad SMARTS) is 1. The van der Waals surface area contributed by atoms with Crippen LogP contribution in [0.1, 0.15) is 44.1 Å². The molecule has 2 aliphatic heterocycles. The molecule has 2 aromatic rings. The van der Waals surface area contributed by atoms with Crippen LogP contribution in [0.4, 0.5) is 10.5 Å². The van der Waals surface area contributed by atoms with Gasteiger partial charge in [-0.3, -0.25) is 4.40 Å². The molecule has 0 aromatic carbocycles. The molecule has 0 bridgehead atoms. The summed E-state index contributed by atoms with van der Waals surface area (Å²) < 4.78 is 7.78. The number of amides is 1. The first-order valence-corrected chi connectivity index (χ1v) is 11.2. The Morgan fingerprint density at radius 2 is 2.12 bits per heavy atom. The van der Waals surface area contributed by atoms with Gasteiger partial charge < -0.3 is 30.1 Å². The van der Waals surface area contributed by atoms with E-state index < -0.39 is 12.2 Å². The fourth-order valence-corrected chi connectivity index (χ4v) is 4.53. The highest BCUT2D eigenvalue weighted by molar-refractivity contribution is 5.73. The number of piperidine rings is 1. The number of nitrogens with zero attached hydrogens (tertiary/aromatic N) is 4. The van der Waals surface area contributed by atoms with Crippen molar-refractivity contribution in [2.24, 2.45) is 0 Å². The molecule has 32 heavy (non-hydrogen) atoms. The maximum absolute atomic E-state index is 11.2. The van der Waals surface area contributed by atoms with E-state index >= 15 is 0 Å². The van der Waals surface area contributed by atoms with E-state index in [1.54, 1.807) is 6.92 Å². The number of aromatic nitrogens is 2. The van der Waals surface area contributed by atoms with E-state index in [0.717, 1.165) is 60.6 Å². The van der Waals surface area contributed by atoms with Gasteiger partial charge in [-0.15, -0.1) is 0 Å². The zero-order chi connectivity index (χ0) is 22.8. The van der Waals surface area contributed by atoms with Crippen molar-refractivity contribution in [2.45, 2.75) is 44.9 Å². The van der Waals surface area contributed by atoms with Gasteiger partial charge in [0.2, 0.25) is 0 Å². The first kappa shape index (κ1) is 22.6. The third-order valence-corrected chi connectivity index (χ3v) is 6.36. The summed E-state index contributed by atoms with van der Waals surface area (Å²) in [5.41, 5.74) is 4.44. The number of hydrogen-bond acceptors (Lipinski definition) is 6. The lowest BCUT2D eigenvalue weighted by atomic mass is 10.0. The number of fused-ring (bicyclic) bond motifs is 1. The third kappa shape index (κ3) is 4.90. The van der Waals surface area contributed by atoms with Crippen LogP contribution in [0.3, 0.4) is 0 Å². The second-order valence-electron chi connectivity index (χ2n) is 8.92. The van der Waals surface area contributed by atoms with Crippen molar-refractivity contribution >= 4 is 23.0 Å². The topological polar surface area (TPSA) is 103 Å². The molecule has 174 valence electrons. The maximum atomic E-state index is 11.2. The number of nitrogens with one attached hydrogen (secondary N) is 1. The predicted molar refractivity (Wildman–Crippen MR) is 123 cm³/mol. The summed E-state index contributed by atoms with van der Waals surface area (Å²) >= 11 is 0. The van der Waals surface area contributed by atoms with Crippen molar-refractivity contribution in [3.05, 3.63) is 36.3 Å². The third-order valence-electron chi connectivity index (χ3n) is 6.36. The predicted octanol–water partition coefficient (Wildman–Crippen LogP) is 2.68. The zero-order valence-corrected chi connectivity index (χ0v) is 18.8. The average Bonchev–Trinajstić information content (AvgIpc) is 3.20. The zero-order valence-electron chi connectivity index (χ0n) is 18.8. The van der Waals surface area contributed by atoms with E-state index in [2.05, 4.69) is 21.8 Å². The van der Waals surface area contributed by atoms with Crippen LogP contribution in [0.2, 0.25) is 0 Å². The Bertz CT molecular complexity index is 980. The Labute approximate surface area is 188 Å². The van der Waals surface area contributed by atoms with Gasteiger partial charge in [0, 0.05) is 38.4 Å². The number of morpholine rings is 1. The van der Waals surface area contributed by atoms with E-state index in [0.29, 0.717) is 25.7 Å². The average molecular weight is 444 g/mol. The number of aliphatic hydroxyl groups is 1. The molecule has 2 aromatic heterocycles. The van der Waals surface area contributed by atoms with Crippen LogP contribution in [0.5, 0.6) is 0 Å². The van der Waals surface area contributed by atoms with Crippen molar-refractivity contribution in [2.75, 3.05) is 44.6 Å². The smallest absolute Gasteiger partial charge is 0.407 e. The summed E-state index contributed by atoms with van der Waals surface area (Å²) in [6.45, 7) is 11.7. The highest BCUT2D eigenvalue weighted by Crippen LogP contribution is 2.27. The van der Waals surface area contributed by atoms with Gasteiger partial charge in [0.15, 0.2) is 5.65 Å². The summed E-state index contributed by atoms with van der Waals surface area (Å²) in [7, 11) is 0. The molecule has 4 rings (SSSR count). The molecular weight excluding hydrogens is 410 g/mol. The monoisotopic (exact) mass is 443 g/mol. The fourth-order valence-electron chi connectivity index (χ4n) is 4.53. The number of anilines is 1. The van der Waals surface area contributed by atoms with Crippen LogP contribution in [-0.2, 0) is 4.74 Å². The lowest BCUT2D eigenvalue weighted by Gasteiger charge is -2.37. The van der Waals surface area contributed by atoms with Gasteiger partial charge in [-0.2, -0.15) is 0 Å². The summed E-state index contributed by atoms with van der Waals surface area (Å²) in [6.07, 6.45) is 4.15. The minimum absolute atomic E-state index is 0.0720. The molecule has 2 fully saturated rings. The van der Waals surface area contributed by atoms with Gasteiger partial charge in [-0.1, -0.05) is 6.58 Å². The Balaban J connectivity index is 1.40. The highest BCUT2D eigenvalue weighted by Gasteiger charge is 2.28. The van der Waals surface area contributed by atoms with Crippen LogP contribution >= 0.6 is 0 Å².